The molecule has 0 aromatic heterocycles. The van der Waals surface area contributed by atoms with Crippen molar-refractivity contribution in [2.75, 3.05) is 77.6 Å². The van der Waals surface area contributed by atoms with Crippen LogP contribution in [0.1, 0.15) is 81.6 Å². The van der Waals surface area contributed by atoms with Crippen LogP contribution in [0.2, 0.25) is 18.1 Å². The Kier molecular flexibility index (Phi) is 28.4. The van der Waals surface area contributed by atoms with E-state index in [9.17, 15) is 0 Å². The fourth-order valence-electron chi connectivity index (χ4n) is 4.51. The van der Waals surface area contributed by atoms with Crippen molar-refractivity contribution >= 4 is 65.7 Å². The summed E-state index contributed by atoms with van der Waals surface area (Å²) in [4.78, 5) is 0. The van der Waals surface area contributed by atoms with E-state index in [-0.39, 0.29) is 0 Å². The minimum Gasteiger partial charge on any atom is -0.374 e. The summed E-state index contributed by atoms with van der Waals surface area (Å²) in [6.07, 6.45) is 2.52. The topological polar surface area (TPSA) is 92.3 Å². The zero-order chi connectivity index (χ0) is 33.2. The zero-order valence-electron chi connectivity index (χ0n) is 29.0. The van der Waals surface area contributed by atoms with E-state index in [1.165, 1.54) is 0 Å². The van der Waals surface area contributed by atoms with E-state index in [2.05, 4.69) is 0 Å². The predicted molar refractivity (Wildman–Crippen MR) is 195 cm³/mol. The molecule has 0 bridgehead atoms. The fourth-order valence-corrected chi connectivity index (χ4v) is 21.2. The summed E-state index contributed by atoms with van der Waals surface area (Å²) < 4.78 is 58.7. The SMILES string of the molecule is CCO[Si](CCCOP(=S)(SCCC[Si](OCC)(OCC)OCC)SCCC[Si](OCC)(OCC)OCC)(OCC)OCC. The van der Waals surface area contributed by atoms with E-state index in [1.807, 2.05) is 62.3 Å². The molecule has 266 valence electrons. The van der Waals surface area contributed by atoms with Crippen molar-refractivity contribution in [3.63, 3.8) is 0 Å². The van der Waals surface area contributed by atoms with Gasteiger partial charge in [-0.3, -0.25) is 0 Å². The van der Waals surface area contributed by atoms with Gasteiger partial charge in [0.15, 0.2) is 4.67 Å². The van der Waals surface area contributed by atoms with Gasteiger partial charge < -0.3 is 44.4 Å². The molecule has 0 N–H and O–H groups in total. The van der Waals surface area contributed by atoms with Gasteiger partial charge in [0.1, 0.15) is 0 Å². The van der Waals surface area contributed by atoms with E-state index in [4.69, 9.17) is 56.2 Å². The molecule has 0 atom stereocenters. The van der Waals surface area contributed by atoms with Crippen LogP contribution in [-0.2, 0) is 56.2 Å². The standard InChI is InChI=1S/C27H63O10PS3Si3/c1-10-29-42(30-11-2,31-12-3)25-19-22-28-38(39,40-23-20-26-43(32-13-4,33-14-5)34-15-6)41-24-21-27-44(35-16-7,36-17-8)37-18-9/h10-27H2,1-9H3. The van der Waals surface area contributed by atoms with Gasteiger partial charge in [-0.05, 0) is 93.4 Å². The van der Waals surface area contributed by atoms with Gasteiger partial charge >= 0.3 is 26.4 Å². The molecule has 17 heteroatoms. The van der Waals surface area contributed by atoms with Gasteiger partial charge in [0.25, 0.3) is 0 Å². The highest BCUT2D eigenvalue weighted by molar-refractivity contribution is 8.99. The van der Waals surface area contributed by atoms with Crippen LogP contribution in [-0.4, -0.2) is 104 Å². The van der Waals surface area contributed by atoms with Crippen LogP contribution >= 0.6 is 27.4 Å². The molecule has 0 saturated heterocycles. The normalized spacial score (nSPS) is 13.2. The lowest BCUT2D eigenvalue weighted by Crippen LogP contribution is -2.46. The Morgan fingerprint density at radius 2 is 0.682 bits per heavy atom. The number of hydrogen-bond acceptors (Lipinski definition) is 13. The molecule has 0 saturated carbocycles. The third-order valence-electron chi connectivity index (χ3n) is 5.91. The molecule has 0 aliphatic carbocycles. The second-order valence-corrected chi connectivity index (χ2v) is 28.1. The van der Waals surface area contributed by atoms with Crippen molar-refractivity contribution in [1.82, 2.24) is 0 Å². The maximum Gasteiger partial charge on any atom is 0.501 e. The molecule has 44 heavy (non-hydrogen) atoms. The Hall–Kier alpha value is 1.60. The Labute approximate surface area is 286 Å². The first-order chi connectivity index (χ1) is 21.2. The van der Waals surface area contributed by atoms with Gasteiger partial charge in [0, 0.05) is 89.1 Å². The lowest BCUT2D eigenvalue weighted by atomic mass is 10.5. The third-order valence-corrected chi connectivity index (χ3v) is 25.2. The van der Waals surface area contributed by atoms with Crippen LogP contribution in [0.4, 0.5) is 0 Å². The van der Waals surface area contributed by atoms with Gasteiger partial charge in [-0.25, -0.2) is 0 Å². The lowest BCUT2D eigenvalue weighted by molar-refractivity contribution is 0.0694. The summed E-state index contributed by atoms with van der Waals surface area (Å²) in [5.41, 5.74) is 0. The van der Waals surface area contributed by atoms with Crippen molar-refractivity contribution in [2.24, 2.45) is 0 Å². The van der Waals surface area contributed by atoms with Crippen molar-refractivity contribution in [2.45, 2.75) is 99.7 Å². The maximum atomic E-state index is 6.55. The molecule has 0 radical (unpaired) electrons. The minimum atomic E-state index is -2.73. The molecular weight excluding hydrogens is 696 g/mol. The average molecular weight is 759 g/mol. The summed E-state index contributed by atoms with van der Waals surface area (Å²) in [6, 6.07) is 2.21. The van der Waals surface area contributed by atoms with Gasteiger partial charge in [0.2, 0.25) is 0 Å². The van der Waals surface area contributed by atoms with Crippen LogP contribution in [0.3, 0.4) is 0 Å². The highest BCUT2D eigenvalue weighted by Crippen LogP contribution is 2.70. The smallest absolute Gasteiger partial charge is 0.374 e. The molecule has 0 aliphatic heterocycles. The van der Waals surface area contributed by atoms with Gasteiger partial charge in [-0.15, -0.1) is 0 Å². The first kappa shape index (κ1) is 45.6. The molecule has 0 aromatic carbocycles. The lowest BCUT2D eigenvalue weighted by Gasteiger charge is -2.30. The van der Waals surface area contributed by atoms with E-state index in [0.29, 0.717) is 72.1 Å². The molecule has 0 spiro atoms. The van der Waals surface area contributed by atoms with Crippen molar-refractivity contribution in [3.05, 3.63) is 0 Å². The maximum absolute atomic E-state index is 6.55. The first-order valence-electron chi connectivity index (χ1n) is 16.5. The zero-order valence-corrected chi connectivity index (χ0v) is 35.3. The van der Waals surface area contributed by atoms with Crippen LogP contribution in [0.25, 0.3) is 0 Å². The molecular formula is C27H63O10PS3Si3. The molecule has 10 nitrogen and oxygen atoms in total. The second-order valence-electron chi connectivity index (χ2n) is 9.20. The van der Waals surface area contributed by atoms with Gasteiger partial charge in [0.05, 0.1) is 6.61 Å². The molecule has 0 aliphatic rings. The summed E-state index contributed by atoms with van der Waals surface area (Å²) in [5.74, 6) is 1.69. The quantitative estimate of drug-likeness (QED) is 0.0368. The Bertz CT molecular complexity index is 595. The van der Waals surface area contributed by atoms with Gasteiger partial charge in [-0.2, -0.15) is 0 Å². The fraction of sp³-hybridized carbons (Fsp3) is 1.00. The summed E-state index contributed by atoms with van der Waals surface area (Å²) >= 11 is 9.76. The Morgan fingerprint density at radius 1 is 0.432 bits per heavy atom. The highest BCUT2D eigenvalue weighted by atomic mass is 33.2. The first-order valence-corrected chi connectivity index (χ1v) is 28.2. The van der Waals surface area contributed by atoms with E-state index >= 15 is 0 Å². The van der Waals surface area contributed by atoms with Crippen molar-refractivity contribution in [3.8, 4) is 0 Å². The average Bonchev–Trinajstić information content (AvgIpc) is 2.97. The molecule has 0 unspecified atom stereocenters. The van der Waals surface area contributed by atoms with E-state index in [0.717, 1.165) is 42.9 Å². The Morgan fingerprint density at radius 3 is 0.932 bits per heavy atom. The van der Waals surface area contributed by atoms with Crippen LogP contribution < -0.4 is 0 Å². The van der Waals surface area contributed by atoms with E-state index in [1.54, 1.807) is 22.8 Å². The summed E-state index contributed by atoms with van der Waals surface area (Å²) in [7, 11) is -8.13. The van der Waals surface area contributed by atoms with Crippen molar-refractivity contribution < 1.29 is 44.4 Å². The Balaban J connectivity index is 5.48. The summed E-state index contributed by atoms with van der Waals surface area (Å²) in [6.45, 7) is 23.5. The molecule has 0 aromatic rings. The summed E-state index contributed by atoms with van der Waals surface area (Å²) in [5, 5.41) is 0. The molecule has 0 fully saturated rings. The largest absolute Gasteiger partial charge is 0.501 e. The third kappa shape index (κ3) is 19.0. The predicted octanol–water partition coefficient (Wildman–Crippen LogP) is 8.01. The number of hydrogen-bond donors (Lipinski definition) is 0. The van der Waals surface area contributed by atoms with E-state index < -0.39 is 31.1 Å². The second kappa shape index (κ2) is 27.4. The van der Waals surface area contributed by atoms with Crippen molar-refractivity contribution in [1.29, 1.82) is 0 Å². The minimum absolute atomic E-state index is 0.532. The molecule has 0 rings (SSSR count). The molecule has 0 heterocycles. The highest BCUT2D eigenvalue weighted by Gasteiger charge is 2.42. The number of rotatable bonds is 33. The van der Waals surface area contributed by atoms with Crippen LogP contribution in [0, 0.1) is 0 Å². The van der Waals surface area contributed by atoms with Gasteiger partial charge in [-0.1, -0.05) is 22.8 Å². The monoisotopic (exact) mass is 758 g/mol. The van der Waals surface area contributed by atoms with Crippen LogP contribution in [0.5, 0.6) is 0 Å². The molecule has 0 amide bonds. The van der Waals surface area contributed by atoms with Crippen LogP contribution in [0.15, 0.2) is 0 Å².